The van der Waals surface area contributed by atoms with Gasteiger partial charge in [-0.05, 0) is 43.7 Å². The van der Waals surface area contributed by atoms with E-state index in [1.165, 1.54) is 9.75 Å². The Morgan fingerprint density at radius 1 is 1.00 bits per heavy atom. The number of carbonyl (C=O) groups excluding carboxylic acids is 1. The summed E-state index contributed by atoms with van der Waals surface area (Å²) in [5, 5.41) is 12.6. The minimum atomic E-state index is -0.0256. The first-order valence-corrected chi connectivity index (χ1v) is 12.5. The van der Waals surface area contributed by atoms with Crippen molar-refractivity contribution in [3.05, 3.63) is 66.2 Å². The van der Waals surface area contributed by atoms with Crippen LogP contribution in [0.3, 0.4) is 0 Å². The molecule has 3 N–H and O–H groups in total. The zero-order valence-electron chi connectivity index (χ0n) is 19.8. The van der Waals surface area contributed by atoms with E-state index in [2.05, 4.69) is 60.6 Å². The highest BCUT2D eigenvalue weighted by atomic mass is 32.1. The van der Waals surface area contributed by atoms with Crippen LogP contribution in [0.1, 0.15) is 24.6 Å². The highest BCUT2D eigenvalue weighted by Crippen LogP contribution is 2.36. The Labute approximate surface area is 210 Å². The number of aromatic amines is 2. The molecule has 8 nitrogen and oxygen atoms in total. The third-order valence-corrected chi connectivity index (χ3v) is 7.08. The number of amides is 1. The lowest BCUT2D eigenvalue weighted by Gasteiger charge is -2.06. The number of thiophene rings is 1. The van der Waals surface area contributed by atoms with Gasteiger partial charge < -0.3 is 10.3 Å². The van der Waals surface area contributed by atoms with Gasteiger partial charge in [-0.1, -0.05) is 6.92 Å². The maximum Gasteiger partial charge on any atom is 0.224 e. The minimum Gasteiger partial charge on any atom is -0.352 e. The first-order chi connectivity index (χ1) is 17.6. The summed E-state index contributed by atoms with van der Waals surface area (Å²) in [4.78, 5) is 31.3. The molecule has 0 unspecified atom stereocenters. The average Bonchev–Trinajstić information content (AvgIpc) is 3.61. The molecule has 36 heavy (non-hydrogen) atoms. The molecule has 0 spiro atoms. The lowest BCUT2D eigenvalue weighted by molar-refractivity contribution is -0.116. The predicted octanol–water partition coefficient (Wildman–Crippen LogP) is 6.34. The monoisotopic (exact) mass is 493 g/mol. The van der Waals surface area contributed by atoms with Gasteiger partial charge in [0.1, 0.15) is 5.69 Å². The quantitative estimate of drug-likeness (QED) is 0.251. The van der Waals surface area contributed by atoms with Crippen molar-refractivity contribution in [1.29, 1.82) is 0 Å². The van der Waals surface area contributed by atoms with Crippen LogP contribution in [0.4, 0.5) is 5.69 Å². The van der Waals surface area contributed by atoms with Crippen LogP contribution in [0.15, 0.2) is 61.3 Å². The second kappa shape index (κ2) is 9.01. The van der Waals surface area contributed by atoms with Crippen molar-refractivity contribution in [3.8, 4) is 33.1 Å². The lowest BCUT2D eigenvalue weighted by Crippen LogP contribution is -2.10. The van der Waals surface area contributed by atoms with Crippen LogP contribution in [-0.4, -0.2) is 36.0 Å². The van der Waals surface area contributed by atoms with E-state index in [1.807, 2.05) is 31.5 Å². The fourth-order valence-corrected chi connectivity index (χ4v) is 5.22. The van der Waals surface area contributed by atoms with Gasteiger partial charge >= 0.3 is 0 Å². The lowest BCUT2D eigenvalue weighted by atomic mass is 10.1. The zero-order chi connectivity index (χ0) is 24.6. The Kier molecular flexibility index (Phi) is 5.54. The Hall–Kier alpha value is -4.37. The molecule has 0 fully saturated rings. The molecule has 0 radical (unpaired) electrons. The molecule has 6 rings (SSSR count). The number of pyridine rings is 3. The summed E-state index contributed by atoms with van der Waals surface area (Å²) < 4.78 is 0. The number of carbonyl (C=O) groups is 1. The molecule has 6 heterocycles. The molecule has 0 bridgehead atoms. The number of hydrogen-bond donors (Lipinski definition) is 3. The number of aromatic nitrogens is 6. The number of rotatable bonds is 6. The van der Waals surface area contributed by atoms with Gasteiger partial charge in [0.05, 0.1) is 46.7 Å². The Morgan fingerprint density at radius 3 is 2.72 bits per heavy atom. The maximum atomic E-state index is 12.0. The van der Waals surface area contributed by atoms with E-state index in [1.54, 1.807) is 29.9 Å². The van der Waals surface area contributed by atoms with Crippen molar-refractivity contribution in [3.63, 3.8) is 0 Å². The van der Waals surface area contributed by atoms with Crippen molar-refractivity contribution in [1.82, 2.24) is 30.1 Å². The summed E-state index contributed by atoms with van der Waals surface area (Å²) in [7, 11) is 0. The molecular formula is C27H23N7OS. The topological polar surface area (TPSA) is 112 Å². The fraction of sp³-hybridized carbons (Fsp3) is 0.148. The molecule has 6 aromatic heterocycles. The first kappa shape index (κ1) is 22.1. The van der Waals surface area contributed by atoms with Crippen LogP contribution in [0, 0.1) is 6.92 Å². The molecule has 0 aliphatic heterocycles. The number of H-pyrrole nitrogens is 2. The molecule has 178 valence electrons. The number of fused-ring (bicyclic) bond motifs is 2. The van der Waals surface area contributed by atoms with E-state index in [0.717, 1.165) is 56.4 Å². The van der Waals surface area contributed by atoms with Gasteiger partial charge in [-0.3, -0.25) is 24.8 Å². The van der Waals surface area contributed by atoms with Crippen molar-refractivity contribution < 1.29 is 4.79 Å². The van der Waals surface area contributed by atoms with Gasteiger partial charge in [0, 0.05) is 50.5 Å². The molecule has 0 saturated carbocycles. The van der Waals surface area contributed by atoms with Crippen LogP contribution in [0.2, 0.25) is 0 Å². The van der Waals surface area contributed by atoms with Gasteiger partial charge in [0.15, 0.2) is 0 Å². The van der Waals surface area contributed by atoms with Crippen LogP contribution in [0.5, 0.6) is 0 Å². The Bertz CT molecular complexity index is 1730. The van der Waals surface area contributed by atoms with Crippen molar-refractivity contribution in [2.24, 2.45) is 0 Å². The van der Waals surface area contributed by atoms with E-state index >= 15 is 0 Å². The second-order valence-electron chi connectivity index (χ2n) is 8.69. The standard InChI is InChI=1S/C27H23N7OS/c1-3-4-26(35)31-17-7-16(10-28-11-17)21-9-19-24(14-30-21)33-34-27(19)22-8-18-20(12-29-13-23(18)32-22)25-6-5-15(2)36-25/h5-14,32H,3-4H2,1-2H3,(H,31,35)(H,33,34). The van der Waals surface area contributed by atoms with Gasteiger partial charge in [0.2, 0.25) is 5.91 Å². The SMILES string of the molecule is CCCC(=O)Nc1cncc(-c2cc3c(-c4cc5c(-c6ccc(C)s6)cncc5[nH]4)n[nH]c3cn2)c1. The number of nitrogens with zero attached hydrogens (tertiary/aromatic N) is 4. The van der Waals surface area contributed by atoms with Crippen LogP contribution >= 0.6 is 11.3 Å². The van der Waals surface area contributed by atoms with Gasteiger partial charge in [0.25, 0.3) is 0 Å². The Balaban J connectivity index is 1.40. The summed E-state index contributed by atoms with van der Waals surface area (Å²) in [6.07, 6.45) is 10.2. The number of nitrogens with one attached hydrogen (secondary N) is 3. The van der Waals surface area contributed by atoms with E-state index in [4.69, 9.17) is 0 Å². The molecule has 0 aliphatic rings. The van der Waals surface area contributed by atoms with Crippen molar-refractivity contribution >= 4 is 44.7 Å². The molecular weight excluding hydrogens is 470 g/mol. The smallest absolute Gasteiger partial charge is 0.224 e. The van der Waals surface area contributed by atoms with Gasteiger partial charge in [-0.15, -0.1) is 11.3 Å². The molecule has 1 amide bonds. The van der Waals surface area contributed by atoms with Gasteiger partial charge in [-0.25, -0.2) is 0 Å². The maximum absolute atomic E-state index is 12.0. The minimum absolute atomic E-state index is 0.0256. The molecule has 6 aromatic rings. The third-order valence-electron chi connectivity index (χ3n) is 6.05. The fourth-order valence-electron chi connectivity index (χ4n) is 4.33. The van der Waals surface area contributed by atoms with Crippen LogP contribution < -0.4 is 5.32 Å². The highest BCUT2D eigenvalue weighted by molar-refractivity contribution is 7.15. The predicted molar refractivity (Wildman–Crippen MR) is 144 cm³/mol. The van der Waals surface area contributed by atoms with Crippen molar-refractivity contribution in [2.45, 2.75) is 26.7 Å². The van der Waals surface area contributed by atoms with Crippen molar-refractivity contribution in [2.75, 3.05) is 5.32 Å². The summed E-state index contributed by atoms with van der Waals surface area (Å²) in [6, 6.07) is 10.3. The molecule has 9 heteroatoms. The normalized spacial score (nSPS) is 11.4. The summed E-state index contributed by atoms with van der Waals surface area (Å²) >= 11 is 1.76. The second-order valence-corrected chi connectivity index (χ2v) is 9.98. The van der Waals surface area contributed by atoms with E-state index < -0.39 is 0 Å². The zero-order valence-corrected chi connectivity index (χ0v) is 20.6. The van der Waals surface area contributed by atoms with E-state index in [9.17, 15) is 4.79 Å². The van der Waals surface area contributed by atoms with Crippen LogP contribution in [-0.2, 0) is 4.79 Å². The van der Waals surface area contributed by atoms with E-state index in [0.29, 0.717) is 12.1 Å². The number of hydrogen-bond acceptors (Lipinski definition) is 6. The van der Waals surface area contributed by atoms with E-state index in [-0.39, 0.29) is 5.91 Å². The molecule has 0 aromatic carbocycles. The van der Waals surface area contributed by atoms with Crippen LogP contribution in [0.25, 0.3) is 54.9 Å². The average molecular weight is 494 g/mol. The third kappa shape index (κ3) is 4.03. The van der Waals surface area contributed by atoms with Gasteiger partial charge in [-0.2, -0.15) is 5.10 Å². The first-order valence-electron chi connectivity index (χ1n) is 11.7. The number of aryl methyl sites for hydroxylation is 1. The largest absolute Gasteiger partial charge is 0.352 e. The number of anilines is 1. The Morgan fingerprint density at radius 2 is 1.89 bits per heavy atom. The summed E-state index contributed by atoms with van der Waals surface area (Å²) in [5.41, 5.74) is 6.81. The summed E-state index contributed by atoms with van der Waals surface area (Å²) in [5.74, 6) is -0.0256. The molecule has 0 saturated heterocycles. The summed E-state index contributed by atoms with van der Waals surface area (Å²) in [6.45, 7) is 4.08. The highest BCUT2D eigenvalue weighted by Gasteiger charge is 2.16. The molecule has 0 aliphatic carbocycles. The molecule has 0 atom stereocenters.